The summed E-state index contributed by atoms with van der Waals surface area (Å²) in [6.07, 6.45) is 0. The number of primary amides is 1. The maximum absolute atomic E-state index is 11.6. The highest BCUT2D eigenvalue weighted by Crippen LogP contribution is 2.21. The maximum atomic E-state index is 11.6. The molecule has 1 atom stereocenters. The number of para-hydroxylation sites is 1. The van der Waals surface area contributed by atoms with Crippen LogP contribution < -0.4 is 15.8 Å². The third-order valence-electron chi connectivity index (χ3n) is 2.82. The molecule has 1 amide bonds. The highest BCUT2D eigenvalue weighted by molar-refractivity contribution is 5.84. The van der Waals surface area contributed by atoms with Crippen LogP contribution in [0.5, 0.6) is 5.75 Å². The summed E-state index contributed by atoms with van der Waals surface area (Å²) < 4.78 is 5.09. The molecule has 0 bridgehead atoms. The summed E-state index contributed by atoms with van der Waals surface area (Å²) in [5.41, 5.74) is 7.11. The van der Waals surface area contributed by atoms with Gasteiger partial charge in [0, 0.05) is 5.69 Å². The smallest absolute Gasteiger partial charge is 0.244 e. The van der Waals surface area contributed by atoms with Crippen LogP contribution in [0.25, 0.3) is 0 Å². The van der Waals surface area contributed by atoms with Crippen LogP contribution in [0.1, 0.15) is 11.6 Å². The topological polar surface area (TPSA) is 64.3 Å². The van der Waals surface area contributed by atoms with Crippen LogP contribution in [0.4, 0.5) is 5.69 Å². The summed E-state index contributed by atoms with van der Waals surface area (Å²) in [6.45, 7) is 0. The Morgan fingerprint density at radius 2 is 1.74 bits per heavy atom. The van der Waals surface area contributed by atoms with E-state index in [1.807, 2.05) is 42.5 Å². The monoisotopic (exact) mass is 256 g/mol. The van der Waals surface area contributed by atoms with Crippen molar-refractivity contribution in [3.8, 4) is 5.75 Å². The third-order valence-corrected chi connectivity index (χ3v) is 2.82. The van der Waals surface area contributed by atoms with Gasteiger partial charge in [-0.05, 0) is 29.8 Å². The molecular weight excluding hydrogens is 240 g/mol. The lowest BCUT2D eigenvalue weighted by Gasteiger charge is -2.17. The molecule has 2 aromatic carbocycles. The number of nitrogens with one attached hydrogen (secondary N) is 1. The lowest BCUT2D eigenvalue weighted by molar-refractivity contribution is -0.118. The number of hydrogen-bond acceptors (Lipinski definition) is 3. The molecule has 2 rings (SSSR count). The van der Waals surface area contributed by atoms with E-state index in [1.165, 1.54) is 0 Å². The fraction of sp³-hybridized carbons (Fsp3) is 0.133. The van der Waals surface area contributed by atoms with E-state index in [0.29, 0.717) is 0 Å². The second-order valence-corrected chi connectivity index (χ2v) is 4.12. The van der Waals surface area contributed by atoms with E-state index in [2.05, 4.69) is 5.32 Å². The maximum Gasteiger partial charge on any atom is 0.244 e. The van der Waals surface area contributed by atoms with Gasteiger partial charge in [-0.25, -0.2) is 0 Å². The molecule has 19 heavy (non-hydrogen) atoms. The zero-order chi connectivity index (χ0) is 13.7. The van der Waals surface area contributed by atoms with Crippen LogP contribution in [0.3, 0.4) is 0 Å². The van der Waals surface area contributed by atoms with E-state index in [1.54, 1.807) is 19.2 Å². The number of nitrogens with two attached hydrogens (primary N) is 1. The average Bonchev–Trinajstić information content (AvgIpc) is 2.46. The number of carbonyl (C=O) groups excluding carboxylic acids is 1. The summed E-state index contributed by atoms with van der Waals surface area (Å²) in [6, 6.07) is 16.2. The highest BCUT2D eigenvalue weighted by atomic mass is 16.5. The molecule has 0 aliphatic heterocycles. The van der Waals surface area contributed by atoms with Crippen LogP contribution in [0.2, 0.25) is 0 Å². The van der Waals surface area contributed by atoms with E-state index in [-0.39, 0.29) is 0 Å². The van der Waals surface area contributed by atoms with Crippen molar-refractivity contribution in [3.05, 3.63) is 60.2 Å². The van der Waals surface area contributed by atoms with Gasteiger partial charge < -0.3 is 15.8 Å². The zero-order valence-corrected chi connectivity index (χ0v) is 10.7. The predicted molar refractivity (Wildman–Crippen MR) is 75.0 cm³/mol. The Labute approximate surface area is 112 Å². The molecule has 98 valence electrons. The highest BCUT2D eigenvalue weighted by Gasteiger charge is 2.17. The first-order valence-corrected chi connectivity index (χ1v) is 5.95. The molecule has 1 unspecified atom stereocenters. The molecule has 3 N–H and O–H groups in total. The van der Waals surface area contributed by atoms with Crippen molar-refractivity contribution in [1.82, 2.24) is 0 Å². The Kier molecular flexibility index (Phi) is 4.03. The summed E-state index contributed by atoms with van der Waals surface area (Å²) in [4.78, 5) is 11.6. The second kappa shape index (κ2) is 5.91. The van der Waals surface area contributed by atoms with Gasteiger partial charge in [0.1, 0.15) is 11.8 Å². The number of carbonyl (C=O) groups is 1. The van der Waals surface area contributed by atoms with Gasteiger partial charge in [-0.3, -0.25) is 4.79 Å². The molecule has 0 aliphatic rings. The van der Waals surface area contributed by atoms with Crippen LogP contribution in [0, 0.1) is 0 Å². The summed E-state index contributed by atoms with van der Waals surface area (Å²) in [5, 5.41) is 3.12. The van der Waals surface area contributed by atoms with E-state index >= 15 is 0 Å². The van der Waals surface area contributed by atoms with E-state index in [4.69, 9.17) is 10.5 Å². The second-order valence-electron chi connectivity index (χ2n) is 4.12. The van der Waals surface area contributed by atoms with E-state index < -0.39 is 11.9 Å². The van der Waals surface area contributed by atoms with Gasteiger partial charge in [-0.2, -0.15) is 0 Å². The molecule has 4 nitrogen and oxygen atoms in total. The van der Waals surface area contributed by atoms with Crippen LogP contribution in [0.15, 0.2) is 54.6 Å². The Balaban J connectivity index is 2.22. The lowest BCUT2D eigenvalue weighted by atomic mass is 10.1. The van der Waals surface area contributed by atoms with Crippen molar-refractivity contribution in [2.75, 3.05) is 12.4 Å². The van der Waals surface area contributed by atoms with E-state index in [9.17, 15) is 4.79 Å². The number of rotatable bonds is 5. The van der Waals surface area contributed by atoms with Crippen molar-refractivity contribution in [1.29, 1.82) is 0 Å². The number of benzene rings is 2. The van der Waals surface area contributed by atoms with Gasteiger partial charge in [0.05, 0.1) is 7.11 Å². The number of anilines is 1. The third kappa shape index (κ3) is 3.25. The Hall–Kier alpha value is -2.49. The molecule has 4 heteroatoms. The number of amides is 1. The Morgan fingerprint density at radius 1 is 1.11 bits per heavy atom. The van der Waals surface area contributed by atoms with Crippen molar-refractivity contribution in [3.63, 3.8) is 0 Å². The normalized spacial score (nSPS) is 11.6. The Bertz CT molecular complexity index is 538. The van der Waals surface area contributed by atoms with Crippen molar-refractivity contribution in [2.24, 2.45) is 5.73 Å². The van der Waals surface area contributed by atoms with Crippen molar-refractivity contribution >= 4 is 11.6 Å². The predicted octanol–water partition coefficient (Wildman–Crippen LogP) is 2.33. The van der Waals surface area contributed by atoms with E-state index in [0.717, 1.165) is 17.0 Å². The minimum absolute atomic E-state index is 0.422. The molecule has 0 saturated carbocycles. The summed E-state index contributed by atoms with van der Waals surface area (Å²) >= 11 is 0. The number of methoxy groups -OCH3 is 1. The summed E-state index contributed by atoms with van der Waals surface area (Å²) in [5.74, 6) is 0.320. The fourth-order valence-corrected chi connectivity index (χ4v) is 1.82. The molecule has 0 aliphatic carbocycles. The number of ether oxygens (including phenoxy) is 1. The minimum atomic E-state index is -0.562. The van der Waals surface area contributed by atoms with Crippen LogP contribution in [-0.2, 0) is 4.79 Å². The minimum Gasteiger partial charge on any atom is -0.497 e. The lowest BCUT2D eigenvalue weighted by Crippen LogP contribution is -2.27. The molecule has 2 aromatic rings. The van der Waals surface area contributed by atoms with Gasteiger partial charge in [0.25, 0.3) is 0 Å². The molecular formula is C15H16N2O2. The van der Waals surface area contributed by atoms with Crippen molar-refractivity contribution in [2.45, 2.75) is 6.04 Å². The van der Waals surface area contributed by atoms with Gasteiger partial charge in [-0.1, -0.05) is 30.3 Å². The molecule has 0 spiro atoms. The molecule has 0 fully saturated rings. The fourth-order valence-electron chi connectivity index (χ4n) is 1.82. The Morgan fingerprint density at radius 3 is 2.26 bits per heavy atom. The average molecular weight is 256 g/mol. The van der Waals surface area contributed by atoms with Crippen LogP contribution >= 0.6 is 0 Å². The van der Waals surface area contributed by atoms with Crippen molar-refractivity contribution < 1.29 is 9.53 Å². The SMILES string of the molecule is COc1ccc(C(Nc2ccccc2)C(N)=O)cc1. The van der Waals surface area contributed by atoms with Gasteiger partial charge >= 0.3 is 0 Å². The summed E-state index contributed by atoms with van der Waals surface area (Å²) in [7, 11) is 1.60. The largest absolute Gasteiger partial charge is 0.497 e. The molecule has 0 aromatic heterocycles. The van der Waals surface area contributed by atoms with Gasteiger partial charge in [-0.15, -0.1) is 0 Å². The first-order valence-electron chi connectivity index (χ1n) is 5.95. The quantitative estimate of drug-likeness (QED) is 0.863. The standard InChI is InChI=1S/C15H16N2O2/c1-19-13-9-7-11(8-10-13)14(15(16)18)17-12-5-3-2-4-6-12/h2-10,14,17H,1H3,(H2,16,18). The molecule has 0 heterocycles. The number of hydrogen-bond donors (Lipinski definition) is 2. The van der Waals surface area contributed by atoms with Crippen LogP contribution in [-0.4, -0.2) is 13.0 Å². The van der Waals surface area contributed by atoms with Gasteiger partial charge in [0.15, 0.2) is 0 Å². The zero-order valence-electron chi connectivity index (χ0n) is 10.7. The van der Waals surface area contributed by atoms with Gasteiger partial charge in [0.2, 0.25) is 5.91 Å². The first-order chi connectivity index (χ1) is 9.20. The first kappa shape index (κ1) is 13.0. The molecule has 0 radical (unpaired) electrons. The molecule has 0 saturated heterocycles.